The lowest BCUT2D eigenvalue weighted by molar-refractivity contribution is 0.563. The summed E-state index contributed by atoms with van der Waals surface area (Å²) in [5.74, 6) is 0.824. The van der Waals surface area contributed by atoms with Gasteiger partial charge in [-0.1, -0.05) is 0 Å². The van der Waals surface area contributed by atoms with Crippen LogP contribution in [0.2, 0.25) is 0 Å². The van der Waals surface area contributed by atoms with Crippen LogP contribution < -0.4 is 10.6 Å². The van der Waals surface area contributed by atoms with Crippen molar-refractivity contribution in [1.29, 1.82) is 0 Å². The van der Waals surface area contributed by atoms with Crippen LogP contribution in [0.3, 0.4) is 0 Å². The molecule has 0 aliphatic rings. The quantitative estimate of drug-likeness (QED) is 0.644. The lowest BCUT2D eigenvalue weighted by Crippen LogP contribution is -2.36. The number of thiophene rings is 1. The second-order valence-corrected chi connectivity index (χ2v) is 4.59. The zero-order chi connectivity index (χ0) is 12.6. The Morgan fingerprint density at radius 3 is 2.94 bits per heavy atom. The molecule has 2 aromatic heterocycles. The van der Waals surface area contributed by atoms with Crippen molar-refractivity contribution in [3.8, 4) is 0 Å². The molecule has 2 N–H and O–H groups in total. The molecule has 2 aromatic rings. The van der Waals surface area contributed by atoms with Crippen LogP contribution in [0.15, 0.2) is 44.8 Å². The number of hydrogen-bond donors (Lipinski definition) is 2. The third-order valence-electron chi connectivity index (χ3n) is 2.38. The van der Waals surface area contributed by atoms with Gasteiger partial charge in [0.1, 0.15) is 0 Å². The summed E-state index contributed by atoms with van der Waals surface area (Å²) in [6, 6.07) is 4.03. The first-order chi connectivity index (χ1) is 8.88. The molecule has 0 saturated carbocycles. The Bertz CT molecular complexity index is 462. The Kier molecular flexibility index (Phi) is 4.84. The number of rotatable bonds is 5. The molecule has 2 heterocycles. The van der Waals surface area contributed by atoms with Gasteiger partial charge >= 0.3 is 0 Å². The zero-order valence-corrected chi connectivity index (χ0v) is 11.2. The Balaban J connectivity index is 1.88. The van der Waals surface area contributed by atoms with Gasteiger partial charge < -0.3 is 15.1 Å². The molecule has 0 atom stereocenters. The summed E-state index contributed by atoms with van der Waals surface area (Å²) < 4.78 is 5.03. The van der Waals surface area contributed by atoms with Gasteiger partial charge in [0.25, 0.3) is 0 Å². The maximum absolute atomic E-state index is 5.03. The molecule has 0 unspecified atom stereocenters. The Labute approximate surface area is 111 Å². The van der Waals surface area contributed by atoms with E-state index in [1.165, 1.54) is 5.56 Å². The summed E-state index contributed by atoms with van der Waals surface area (Å²) in [6.07, 6.45) is 3.40. The molecule has 0 aliphatic carbocycles. The monoisotopic (exact) mass is 263 g/mol. The van der Waals surface area contributed by atoms with Crippen molar-refractivity contribution >= 4 is 17.3 Å². The molecule has 0 spiro atoms. The third kappa shape index (κ3) is 3.92. The fourth-order valence-corrected chi connectivity index (χ4v) is 2.13. The molecule has 0 fully saturated rings. The standard InChI is InChI=1S/C13H17N3OS/c1-2-14-13(15-7-11-3-5-17-9-11)16-8-12-4-6-18-10-12/h3-6,9-10H,2,7-8H2,1H3,(H2,14,15,16). The fraction of sp³-hybridized carbons (Fsp3) is 0.308. The fourth-order valence-electron chi connectivity index (χ4n) is 1.47. The van der Waals surface area contributed by atoms with Crippen LogP contribution in [0.25, 0.3) is 0 Å². The van der Waals surface area contributed by atoms with E-state index < -0.39 is 0 Å². The predicted octanol–water partition coefficient (Wildman–Crippen LogP) is 2.60. The maximum Gasteiger partial charge on any atom is 0.191 e. The normalized spacial score (nSPS) is 11.5. The molecule has 5 heteroatoms. The summed E-state index contributed by atoms with van der Waals surface area (Å²) in [7, 11) is 0. The second-order valence-electron chi connectivity index (χ2n) is 3.81. The van der Waals surface area contributed by atoms with Crippen LogP contribution in [-0.2, 0) is 13.1 Å². The topological polar surface area (TPSA) is 49.6 Å². The minimum atomic E-state index is 0.699. The average molecular weight is 263 g/mol. The number of hydrogen-bond acceptors (Lipinski definition) is 3. The molecule has 0 amide bonds. The van der Waals surface area contributed by atoms with E-state index in [2.05, 4.69) is 39.4 Å². The van der Waals surface area contributed by atoms with E-state index in [1.807, 2.05) is 6.07 Å². The van der Waals surface area contributed by atoms with Gasteiger partial charge in [0.15, 0.2) is 5.96 Å². The predicted molar refractivity (Wildman–Crippen MR) is 74.7 cm³/mol. The zero-order valence-electron chi connectivity index (χ0n) is 10.3. The van der Waals surface area contributed by atoms with Crippen LogP contribution in [0, 0.1) is 0 Å². The summed E-state index contributed by atoms with van der Waals surface area (Å²) in [5.41, 5.74) is 2.34. The smallest absolute Gasteiger partial charge is 0.191 e. The van der Waals surface area contributed by atoms with Crippen molar-refractivity contribution in [1.82, 2.24) is 10.6 Å². The average Bonchev–Trinajstić information content (AvgIpc) is 3.05. The van der Waals surface area contributed by atoms with Gasteiger partial charge in [-0.2, -0.15) is 11.3 Å². The molecular formula is C13H17N3OS. The summed E-state index contributed by atoms with van der Waals surface area (Å²) in [4.78, 5) is 4.53. The summed E-state index contributed by atoms with van der Waals surface area (Å²) in [5, 5.41) is 10.7. The highest BCUT2D eigenvalue weighted by Crippen LogP contribution is 2.06. The Morgan fingerprint density at radius 2 is 2.28 bits per heavy atom. The first kappa shape index (κ1) is 12.7. The number of guanidine groups is 1. The van der Waals surface area contributed by atoms with E-state index in [0.717, 1.165) is 18.1 Å². The molecular weight excluding hydrogens is 246 g/mol. The maximum atomic E-state index is 5.03. The van der Waals surface area contributed by atoms with Crippen molar-refractivity contribution in [3.63, 3.8) is 0 Å². The SMILES string of the molecule is CCNC(=NCc1ccsc1)NCc1ccoc1. The molecule has 96 valence electrons. The third-order valence-corrected chi connectivity index (χ3v) is 3.12. The molecule has 0 radical (unpaired) electrons. The van der Waals surface area contributed by atoms with Crippen LogP contribution in [0.1, 0.15) is 18.1 Å². The van der Waals surface area contributed by atoms with Crippen molar-refractivity contribution in [2.45, 2.75) is 20.0 Å². The Hall–Kier alpha value is -1.75. The highest BCUT2D eigenvalue weighted by molar-refractivity contribution is 7.07. The van der Waals surface area contributed by atoms with E-state index in [-0.39, 0.29) is 0 Å². The molecule has 0 aliphatic heterocycles. The molecule has 2 rings (SSSR count). The van der Waals surface area contributed by atoms with Crippen molar-refractivity contribution in [3.05, 3.63) is 46.5 Å². The highest BCUT2D eigenvalue weighted by atomic mass is 32.1. The lowest BCUT2D eigenvalue weighted by atomic mass is 10.3. The molecule has 0 bridgehead atoms. The van der Waals surface area contributed by atoms with Gasteiger partial charge in [-0.05, 0) is 35.4 Å². The summed E-state index contributed by atoms with van der Waals surface area (Å²) >= 11 is 1.69. The minimum Gasteiger partial charge on any atom is -0.472 e. The van der Waals surface area contributed by atoms with E-state index in [0.29, 0.717) is 13.1 Å². The van der Waals surface area contributed by atoms with Crippen molar-refractivity contribution < 1.29 is 4.42 Å². The van der Waals surface area contributed by atoms with Gasteiger partial charge in [0.2, 0.25) is 0 Å². The van der Waals surface area contributed by atoms with Crippen molar-refractivity contribution in [2.24, 2.45) is 4.99 Å². The van der Waals surface area contributed by atoms with Crippen molar-refractivity contribution in [2.75, 3.05) is 6.54 Å². The first-order valence-electron chi connectivity index (χ1n) is 5.93. The van der Waals surface area contributed by atoms with Crippen LogP contribution in [-0.4, -0.2) is 12.5 Å². The highest BCUT2D eigenvalue weighted by Gasteiger charge is 1.99. The largest absolute Gasteiger partial charge is 0.472 e. The van der Waals surface area contributed by atoms with Gasteiger partial charge in [0.05, 0.1) is 19.1 Å². The van der Waals surface area contributed by atoms with E-state index in [9.17, 15) is 0 Å². The molecule has 4 nitrogen and oxygen atoms in total. The van der Waals surface area contributed by atoms with Crippen LogP contribution >= 0.6 is 11.3 Å². The van der Waals surface area contributed by atoms with E-state index in [4.69, 9.17) is 4.42 Å². The van der Waals surface area contributed by atoms with Gasteiger partial charge in [0, 0.05) is 18.7 Å². The van der Waals surface area contributed by atoms with Gasteiger partial charge in [-0.15, -0.1) is 0 Å². The van der Waals surface area contributed by atoms with E-state index in [1.54, 1.807) is 23.9 Å². The minimum absolute atomic E-state index is 0.699. The van der Waals surface area contributed by atoms with Gasteiger partial charge in [-0.25, -0.2) is 4.99 Å². The molecule has 18 heavy (non-hydrogen) atoms. The Morgan fingerprint density at radius 1 is 1.33 bits per heavy atom. The lowest BCUT2D eigenvalue weighted by Gasteiger charge is -2.09. The number of aliphatic imine (C=N–C) groups is 1. The number of furan rings is 1. The second kappa shape index (κ2) is 6.86. The first-order valence-corrected chi connectivity index (χ1v) is 6.87. The molecule has 0 aromatic carbocycles. The van der Waals surface area contributed by atoms with Crippen LogP contribution in [0.5, 0.6) is 0 Å². The van der Waals surface area contributed by atoms with E-state index >= 15 is 0 Å². The number of nitrogens with one attached hydrogen (secondary N) is 2. The van der Waals surface area contributed by atoms with Crippen LogP contribution in [0.4, 0.5) is 0 Å². The van der Waals surface area contributed by atoms with Gasteiger partial charge in [-0.3, -0.25) is 0 Å². The number of nitrogens with zero attached hydrogens (tertiary/aromatic N) is 1. The summed E-state index contributed by atoms with van der Waals surface area (Å²) in [6.45, 7) is 4.32. The molecule has 0 saturated heterocycles.